The fourth-order valence-corrected chi connectivity index (χ4v) is 3.35. The van der Waals surface area contributed by atoms with Gasteiger partial charge in [0.25, 0.3) is 11.7 Å². The van der Waals surface area contributed by atoms with Gasteiger partial charge >= 0.3 is 0 Å². The summed E-state index contributed by atoms with van der Waals surface area (Å²) >= 11 is 6.07. The van der Waals surface area contributed by atoms with Crippen LogP contribution in [0.15, 0.2) is 24.3 Å². The van der Waals surface area contributed by atoms with Crippen LogP contribution in [0.25, 0.3) is 5.78 Å². The van der Waals surface area contributed by atoms with Gasteiger partial charge in [0, 0.05) is 28.6 Å². The monoisotopic (exact) mass is 341 g/mol. The highest BCUT2D eigenvalue weighted by atomic mass is 35.5. The molecule has 24 heavy (non-hydrogen) atoms. The molecule has 0 atom stereocenters. The molecule has 1 aromatic carbocycles. The van der Waals surface area contributed by atoms with Gasteiger partial charge in [0.15, 0.2) is 0 Å². The summed E-state index contributed by atoms with van der Waals surface area (Å²) in [6.07, 6.45) is 1.81. The normalized spacial score (nSPS) is 14.0. The average Bonchev–Trinajstić information content (AvgIpc) is 2.97. The van der Waals surface area contributed by atoms with Gasteiger partial charge in [-0.2, -0.15) is 4.98 Å². The van der Waals surface area contributed by atoms with Crippen molar-refractivity contribution in [2.24, 2.45) is 0 Å². The summed E-state index contributed by atoms with van der Waals surface area (Å²) in [4.78, 5) is 23.3. The molecule has 0 saturated heterocycles. The number of nitrogens with zero attached hydrogens (tertiary/aromatic N) is 5. The Balaban J connectivity index is 1.76. The van der Waals surface area contributed by atoms with E-state index in [-0.39, 0.29) is 11.7 Å². The zero-order valence-corrected chi connectivity index (χ0v) is 14.2. The number of hydrogen-bond donors (Lipinski definition) is 0. The van der Waals surface area contributed by atoms with Gasteiger partial charge in [-0.05, 0) is 56.5 Å². The summed E-state index contributed by atoms with van der Waals surface area (Å²) < 4.78 is 1.60. The molecular formula is C17H16ClN5O. The van der Waals surface area contributed by atoms with E-state index in [2.05, 4.69) is 15.1 Å². The van der Waals surface area contributed by atoms with Crippen LogP contribution < -0.4 is 4.90 Å². The van der Waals surface area contributed by atoms with Crippen molar-refractivity contribution in [3.8, 4) is 0 Å². The summed E-state index contributed by atoms with van der Waals surface area (Å²) in [5, 5.41) is 5.03. The zero-order chi connectivity index (χ0) is 16.8. The van der Waals surface area contributed by atoms with Gasteiger partial charge in [0.1, 0.15) is 0 Å². The maximum Gasteiger partial charge on any atom is 0.298 e. The van der Waals surface area contributed by atoms with E-state index in [9.17, 15) is 4.79 Å². The number of fused-ring (bicyclic) bond motifs is 2. The molecule has 0 spiro atoms. The van der Waals surface area contributed by atoms with E-state index in [1.54, 1.807) is 15.5 Å². The third-order valence-corrected chi connectivity index (χ3v) is 4.45. The Bertz CT molecular complexity index is 965. The fraction of sp³-hybridized carbons (Fsp3) is 0.294. The smallest absolute Gasteiger partial charge is 0.298 e. The van der Waals surface area contributed by atoms with Gasteiger partial charge in [-0.15, -0.1) is 5.10 Å². The molecule has 122 valence electrons. The predicted octanol–water partition coefficient (Wildman–Crippen LogP) is 2.99. The van der Waals surface area contributed by atoms with Gasteiger partial charge < -0.3 is 4.90 Å². The van der Waals surface area contributed by atoms with Crippen LogP contribution in [0.3, 0.4) is 0 Å². The van der Waals surface area contributed by atoms with Crippen LogP contribution >= 0.6 is 11.6 Å². The number of anilines is 1. The van der Waals surface area contributed by atoms with Crippen LogP contribution in [0, 0.1) is 13.8 Å². The summed E-state index contributed by atoms with van der Waals surface area (Å²) in [5.41, 5.74) is 3.71. The molecule has 0 bridgehead atoms. The number of amides is 1. The third-order valence-electron chi connectivity index (χ3n) is 4.21. The van der Waals surface area contributed by atoms with Crippen molar-refractivity contribution in [1.29, 1.82) is 0 Å². The molecule has 1 amide bonds. The van der Waals surface area contributed by atoms with E-state index < -0.39 is 0 Å². The quantitative estimate of drug-likeness (QED) is 0.682. The Hall–Kier alpha value is -2.47. The second kappa shape index (κ2) is 5.56. The fourth-order valence-electron chi connectivity index (χ4n) is 3.15. The maximum absolute atomic E-state index is 12.9. The number of carbonyl (C=O) groups excluding carboxylic acids is 1. The highest BCUT2D eigenvalue weighted by molar-refractivity contribution is 6.30. The van der Waals surface area contributed by atoms with Gasteiger partial charge in [-0.3, -0.25) is 4.79 Å². The van der Waals surface area contributed by atoms with E-state index in [4.69, 9.17) is 11.6 Å². The lowest BCUT2D eigenvalue weighted by molar-refractivity contribution is 0.0975. The number of rotatable bonds is 1. The van der Waals surface area contributed by atoms with Gasteiger partial charge in [-0.25, -0.2) is 9.50 Å². The van der Waals surface area contributed by atoms with E-state index in [0.717, 1.165) is 35.5 Å². The number of hydrogen-bond acceptors (Lipinski definition) is 4. The van der Waals surface area contributed by atoms with Gasteiger partial charge in [0.05, 0.1) is 0 Å². The number of benzene rings is 1. The van der Waals surface area contributed by atoms with Crippen LogP contribution in [0.4, 0.5) is 5.69 Å². The molecule has 0 saturated carbocycles. The molecule has 3 heterocycles. The lowest BCUT2D eigenvalue weighted by Crippen LogP contribution is -2.36. The van der Waals surface area contributed by atoms with E-state index in [1.807, 2.05) is 32.0 Å². The molecule has 1 aliphatic rings. The Kier molecular flexibility index (Phi) is 3.49. The summed E-state index contributed by atoms with van der Waals surface area (Å²) in [5.74, 6) is 0.406. The SMILES string of the molecule is Cc1cc(C)n2nc(C(=O)N3CCCc4cc(Cl)ccc43)nc2n1. The summed E-state index contributed by atoms with van der Waals surface area (Å²) in [7, 11) is 0. The zero-order valence-electron chi connectivity index (χ0n) is 13.5. The van der Waals surface area contributed by atoms with Crippen molar-refractivity contribution >= 4 is 29.0 Å². The molecule has 0 N–H and O–H groups in total. The largest absolute Gasteiger partial charge is 0.305 e. The van der Waals surface area contributed by atoms with Crippen LogP contribution in [0.2, 0.25) is 5.02 Å². The van der Waals surface area contributed by atoms with E-state index >= 15 is 0 Å². The van der Waals surface area contributed by atoms with Gasteiger partial charge in [-0.1, -0.05) is 11.6 Å². The van der Waals surface area contributed by atoms with E-state index in [1.165, 1.54) is 0 Å². The summed E-state index contributed by atoms with van der Waals surface area (Å²) in [6, 6.07) is 7.52. The molecule has 6 nitrogen and oxygen atoms in total. The standard InChI is InChI=1S/C17H16ClN5O/c1-10-8-11(2)23-17(19-10)20-15(21-23)16(24)22-7-3-4-12-9-13(18)5-6-14(12)22/h5-6,8-9H,3-4,7H2,1-2H3. The molecular weight excluding hydrogens is 326 g/mol. The Labute approximate surface area is 144 Å². The topological polar surface area (TPSA) is 63.4 Å². The number of halogens is 1. The molecule has 0 aliphatic carbocycles. The van der Waals surface area contributed by atoms with Crippen LogP contribution in [0.1, 0.15) is 34.0 Å². The van der Waals surface area contributed by atoms with Crippen molar-refractivity contribution in [1.82, 2.24) is 19.6 Å². The Morgan fingerprint density at radius 2 is 2.04 bits per heavy atom. The second-order valence-corrected chi connectivity index (χ2v) is 6.46. The van der Waals surface area contributed by atoms with Gasteiger partial charge in [0.2, 0.25) is 5.82 Å². The second-order valence-electron chi connectivity index (χ2n) is 6.02. The molecule has 1 aliphatic heterocycles. The van der Waals surface area contributed by atoms with Crippen molar-refractivity contribution in [3.63, 3.8) is 0 Å². The molecule has 2 aromatic heterocycles. The minimum Gasteiger partial charge on any atom is -0.305 e. The van der Waals surface area contributed by atoms with Crippen molar-refractivity contribution in [2.75, 3.05) is 11.4 Å². The van der Waals surface area contributed by atoms with E-state index in [0.29, 0.717) is 17.3 Å². The first-order chi connectivity index (χ1) is 11.5. The highest BCUT2D eigenvalue weighted by Gasteiger charge is 2.27. The average molecular weight is 342 g/mol. The first-order valence-corrected chi connectivity index (χ1v) is 8.22. The molecule has 0 fully saturated rings. The number of aryl methyl sites for hydroxylation is 3. The lowest BCUT2D eigenvalue weighted by atomic mass is 10.0. The minimum absolute atomic E-state index is 0.166. The highest BCUT2D eigenvalue weighted by Crippen LogP contribution is 2.30. The first kappa shape index (κ1) is 15.1. The number of aromatic nitrogens is 4. The molecule has 0 radical (unpaired) electrons. The van der Waals surface area contributed by atoms with Crippen molar-refractivity contribution < 1.29 is 4.79 Å². The Morgan fingerprint density at radius 3 is 2.88 bits per heavy atom. The van der Waals surface area contributed by atoms with Crippen LogP contribution in [-0.2, 0) is 6.42 Å². The third kappa shape index (κ3) is 2.43. The number of carbonyl (C=O) groups is 1. The van der Waals surface area contributed by atoms with Crippen LogP contribution in [0.5, 0.6) is 0 Å². The van der Waals surface area contributed by atoms with Crippen molar-refractivity contribution in [2.45, 2.75) is 26.7 Å². The molecule has 0 unspecified atom stereocenters. The maximum atomic E-state index is 12.9. The molecule has 3 aromatic rings. The van der Waals surface area contributed by atoms with Crippen LogP contribution in [-0.4, -0.2) is 32.0 Å². The minimum atomic E-state index is -0.208. The van der Waals surface area contributed by atoms with Crippen molar-refractivity contribution in [3.05, 3.63) is 52.1 Å². The molecule has 4 rings (SSSR count). The molecule has 7 heteroatoms. The summed E-state index contributed by atoms with van der Waals surface area (Å²) in [6.45, 7) is 4.46. The first-order valence-electron chi connectivity index (χ1n) is 7.84. The Morgan fingerprint density at radius 1 is 1.21 bits per heavy atom. The lowest BCUT2D eigenvalue weighted by Gasteiger charge is -2.28. The predicted molar refractivity (Wildman–Crippen MR) is 91.7 cm³/mol.